The highest BCUT2D eigenvalue weighted by Gasteiger charge is 2.53. The molecule has 3 aliphatic heterocycles. The number of benzene rings is 1. The monoisotopic (exact) mass is 355 g/mol. The highest BCUT2D eigenvalue weighted by molar-refractivity contribution is 7.80. The molecule has 23 heavy (non-hydrogen) atoms. The topological polar surface area (TPSA) is 77.8 Å². The quantitative estimate of drug-likeness (QED) is 0.372. The molecule has 0 saturated carbocycles. The summed E-state index contributed by atoms with van der Waals surface area (Å²) in [4.78, 5) is 13.7. The standard InChI is InChI=1S/C15H19ClN4O2S/c16-11-1-3-12(4-2-11)17-14(23)19-18-13(21)15(22)9-20-7-5-10(15)6-8-20/h1-4,10,22H,5-9H2,(H,18,21)(H2,17,19,23)/p+1/t15-/m0/s1. The van der Waals surface area contributed by atoms with E-state index in [2.05, 4.69) is 16.2 Å². The molecule has 1 aromatic rings. The number of anilines is 1. The van der Waals surface area contributed by atoms with Crippen LogP contribution >= 0.6 is 23.8 Å². The van der Waals surface area contributed by atoms with Crippen molar-refractivity contribution in [2.45, 2.75) is 18.4 Å². The molecule has 3 fully saturated rings. The van der Waals surface area contributed by atoms with Gasteiger partial charge in [0.25, 0.3) is 5.91 Å². The summed E-state index contributed by atoms with van der Waals surface area (Å²) in [5, 5.41) is 14.5. The van der Waals surface area contributed by atoms with Crippen LogP contribution in [0.2, 0.25) is 5.02 Å². The van der Waals surface area contributed by atoms with E-state index in [-0.39, 0.29) is 11.0 Å². The number of hydrazine groups is 1. The third-order valence-electron chi connectivity index (χ3n) is 4.67. The highest BCUT2D eigenvalue weighted by Crippen LogP contribution is 2.28. The molecule has 3 saturated heterocycles. The van der Waals surface area contributed by atoms with Crippen LogP contribution in [0.25, 0.3) is 0 Å². The molecule has 0 aromatic heterocycles. The van der Waals surface area contributed by atoms with E-state index in [1.807, 2.05) is 0 Å². The molecule has 0 radical (unpaired) electrons. The van der Waals surface area contributed by atoms with E-state index in [9.17, 15) is 9.90 Å². The van der Waals surface area contributed by atoms with E-state index >= 15 is 0 Å². The summed E-state index contributed by atoms with van der Waals surface area (Å²) in [5.41, 5.74) is 4.62. The first kappa shape index (κ1) is 16.4. The molecule has 2 bridgehead atoms. The Morgan fingerprint density at radius 2 is 1.91 bits per heavy atom. The fraction of sp³-hybridized carbons (Fsp3) is 0.467. The Balaban J connectivity index is 1.52. The average Bonchev–Trinajstić information content (AvgIpc) is 2.55. The second-order valence-electron chi connectivity index (χ2n) is 6.17. The van der Waals surface area contributed by atoms with Crippen LogP contribution in [0.3, 0.4) is 0 Å². The first-order valence-electron chi connectivity index (χ1n) is 7.66. The van der Waals surface area contributed by atoms with Gasteiger partial charge in [0.05, 0.1) is 13.1 Å². The van der Waals surface area contributed by atoms with Crippen LogP contribution in [0, 0.1) is 5.92 Å². The van der Waals surface area contributed by atoms with Gasteiger partial charge < -0.3 is 15.3 Å². The predicted molar refractivity (Wildman–Crippen MR) is 92.2 cm³/mol. The van der Waals surface area contributed by atoms with Crippen molar-refractivity contribution in [1.82, 2.24) is 10.9 Å². The fourth-order valence-electron chi connectivity index (χ4n) is 3.39. The molecule has 5 N–H and O–H groups in total. The average molecular weight is 356 g/mol. The molecule has 1 aromatic carbocycles. The molecule has 6 nitrogen and oxygen atoms in total. The van der Waals surface area contributed by atoms with Crippen molar-refractivity contribution in [1.29, 1.82) is 0 Å². The minimum absolute atomic E-state index is 0.0274. The van der Waals surface area contributed by atoms with E-state index in [4.69, 9.17) is 23.8 Å². The number of carbonyl (C=O) groups excluding carboxylic acids is 1. The molecule has 124 valence electrons. The summed E-state index contributed by atoms with van der Waals surface area (Å²) in [6.45, 7) is 2.52. The lowest BCUT2D eigenvalue weighted by Gasteiger charge is -2.46. The maximum absolute atomic E-state index is 12.4. The van der Waals surface area contributed by atoms with Gasteiger partial charge in [-0.25, -0.2) is 0 Å². The molecular weight excluding hydrogens is 336 g/mol. The summed E-state index contributed by atoms with van der Waals surface area (Å²) < 4.78 is 0. The first-order chi connectivity index (χ1) is 11.0. The number of hydrogen-bond acceptors (Lipinski definition) is 3. The van der Waals surface area contributed by atoms with Gasteiger partial charge in [0.2, 0.25) is 0 Å². The van der Waals surface area contributed by atoms with E-state index < -0.39 is 11.5 Å². The third-order valence-corrected chi connectivity index (χ3v) is 5.13. The zero-order chi connectivity index (χ0) is 16.4. The number of rotatable bonds is 2. The molecular formula is C15H20ClN4O2S+. The van der Waals surface area contributed by atoms with Crippen molar-refractivity contribution < 1.29 is 14.8 Å². The number of quaternary nitrogens is 1. The van der Waals surface area contributed by atoms with Crippen molar-refractivity contribution in [2.75, 3.05) is 25.0 Å². The Hall–Kier alpha value is -1.41. The second-order valence-corrected chi connectivity index (χ2v) is 7.01. The highest BCUT2D eigenvalue weighted by atomic mass is 35.5. The fourth-order valence-corrected chi connectivity index (χ4v) is 3.68. The SMILES string of the molecule is O=C(NNC(=S)Nc1ccc(Cl)cc1)[C@]1(O)C[NH+]2CCC1CC2. The van der Waals surface area contributed by atoms with Crippen LogP contribution in [0.4, 0.5) is 5.69 Å². The van der Waals surface area contributed by atoms with Gasteiger partial charge >= 0.3 is 0 Å². The molecule has 1 atom stereocenters. The van der Waals surface area contributed by atoms with Gasteiger partial charge in [-0.2, -0.15) is 0 Å². The molecule has 0 spiro atoms. The zero-order valence-electron chi connectivity index (χ0n) is 12.6. The number of amides is 1. The van der Waals surface area contributed by atoms with Gasteiger partial charge in [0.15, 0.2) is 10.7 Å². The van der Waals surface area contributed by atoms with E-state index in [0.29, 0.717) is 11.6 Å². The van der Waals surface area contributed by atoms with Crippen molar-refractivity contribution in [3.8, 4) is 0 Å². The number of hydrogen-bond donors (Lipinski definition) is 5. The van der Waals surface area contributed by atoms with Crippen LogP contribution in [0.5, 0.6) is 0 Å². The summed E-state index contributed by atoms with van der Waals surface area (Å²) in [5.74, 6) is -0.390. The zero-order valence-corrected chi connectivity index (χ0v) is 14.1. The minimum Gasteiger partial charge on any atom is -0.375 e. The number of carbonyl (C=O) groups is 1. The van der Waals surface area contributed by atoms with Gasteiger partial charge in [-0.05, 0) is 36.5 Å². The van der Waals surface area contributed by atoms with Gasteiger partial charge in [0, 0.05) is 29.5 Å². The van der Waals surface area contributed by atoms with Gasteiger partial charge in [0.1, 0.15) is 6.54 Å². The Labute approximate surface area is 145 Å². The van der Waals surface area contributed by atoms with Crippen molar-refractivity contribution in [3.05, 3.63) is 29.3 Å². The third kappa shape index (κ3) is 3.58. The summed E-state index contributed by atoms with van der Waals surface area (Å²) in [6, 6.07) is 7.04. The van der Waals surface area contributed by atoms with E-state index in [0.717, 1.165) is 31.6 Å². The number of halogens is 1. The molecule has 8 heteroatoms. The van der Waals surface area contributed by atoms with E-state index in [1.54, 1.807) is 24.3 Å². The number of thiocarbonyl (C=S) groups is 1. The first-order valence-corrected chi connectivity index (χ1v) is 8.45. The Morgan fingerprint density at radius 3 is 2.48 bits per heavy atom. The van der Waals surface area contributed by atoms with Gasteiger partial charge in [-0.3, -0.25) is 15.6 Å². The summed E-state index contributed by atoms with van der Waals surface area (Å²) in [7, 11) is 0. The second kappa shape index (κ2) is 6.60. The van der Waals surface area contributed by atoms with E-state index in [1.165, 1.54) is 4.90 Å². The number of aliphatic hydroxyl groups is 1. The predicted octanol–water partition coefficient (Wildman–Crippen LogP) is -0.303. The smallest absolute Gasteiger partial charge is 0.276 e. The van der Waals surface area contributed by atoms with Crippen LogP contribution in [-0.2, 0) is 4.79 Å². The lowest BCUT2D eigenvalue weighted by molar-refractivity contribution is -0.923. The van der Waals surface area contributed by atoms with Gasteiger partial charge in [-0.15, -0.1) is 0 Å². The number of piperidine rings is 3. The molecule has 0 unspecified atom stereocenters. The van der Waals surface area contributed by atoms with Crippen LogP contribution in [0.15, 0.2) is 24.3 Å². The Morgan fingerprint density at radius 1 is 1.26 bits per heavy atom. The number of fused-ring (bicyclic) bond motifs is 3. The molecule has 3 aliphatic rings. The minimum atomic E-state index is -1.31. The summed E-state index contributed by atoms with van der Waals surface area (Å²) >= 11 is 11.0. The van der Waals surface area contributed by atoms with Gasteiger partial charge in [-0.1, -0.05) is 11.6 Å². The van der Waals surface area contributed by atoms with Crippen molar-refractivity contribution in [2.24, 2.45) is 5.92 Å². The van der Waals surface area contributed by atoms with Crippen LogP contribution in [0.1, 0.15) is 12.8 Å². The van der Waals surface area contributed by atoms with Crippen molar-refractivity contribution >= 4 is 40.5 Å². The molecule has 3 heterocycles. The Bertz CT molecular complexity index is 604. The molecule has 4 rings (SSSR count). The lowest BCUT2D eigenvalue weighted by Crippen LogP contribution is -3.18. The maximum atomic E-state index is 12.4. The summed E-state index contributed by atoms with van der Waals surface area (Å²) in [6.07, 6.45) is 1.76. The maximum Gasteiger partial charge on any atom is 0.276 e. The number of nitrogens with one attached hydrogen (secondary N) is 4. The normalized spacial score (nSPS) is 29.0. The lowest BCUT2D eigenvalue weighted by atomic mass is 9.75. The Kier molecular flexibility index (Phi) is 4.72. The van der Waals surface area contributed by atoms with Crippen molar-refractivity contribution in [3.63, 3.8) is 0 Å². The molecule has 0 aliphatic carbocycles. The molecule has 1 amide bonds. The largest absolute Gasteiger partial charge is 0.375 e. The van der Waals surface area contributed by atoms with Crippen LogP contribution in [-0.4, -0.2) is 41.4 Å². The van der Waals surface area contributed by atoms with Crippen LogP contribution < -0.4 is 21.1 Å².